The van der Waals surface area contributed by atoms with Crippen molar-refractivity contribution in [3.63, 3.8) is 0 Å². The molecule has 5 heteroatoms. The van der Waals surface area contributed by atoms with E-state index in [1.165, 1.54) is 6.07 Å². The Labute approximate surface area is 122 Å². The number of aryl methyl sites for hydroxylation is 1. The summed E-state index contributed by atoms with van der Waals surface area (Å²) in [6.07, 6.45) is 0.890. The number of H-pyrrole nitrogens is 1. The van der Waals surface area contributed by atoms with Gasteiger partial charge in [-0.2, -0.15) is 0 Å². The van der Waals surface area contributed by atoms with Crippen LogP contribution in [0.4, 0.5) is 0 Å². The van der Waals surface area contributed by atoms with Crippen molar-refractivity contribution in [2.75, 3.05) is 13.1 Å². The Balaban J connectivity index is 2.04. The van der Waals surface area contributed by atoms with Gasteiger partial charge in [0.25, 0.3) is 5.91 Å². The minimum absolute atomic E-state index is 0.0787. The van der Waals surface area contributed by atoms with Gasteiger partial charge < -0.3 is 15.0 Å². The number of rotatable bonds is 1. The molecule has 2 heterocycles. The summed E-state index contributed by atoms with van der Waals surface area (Å²) in [7, 11) is 0. The van der Waals surface area contributed by atoms with Crippen molar-refractivity contribution in [2.24, 2.45) is 0 Å². The molecular weight excluding hydrogens is 268 g/mol. The van der Waals surface area contributed by atoms with Gasteiger partial charge in [0.05, 0.1) is 17.2 Å². The summed E-state index contributed by atoms with van der Waals surface area (Å²) >= 11 is 0. The number of hydrogen-bond acceptors (Lipinski definition) is 3. The molecule has 5 nitrogen and oxygen atoms in total. The zero-order chi connectivity index (χ0) is 15.0. The molecule has 1 saturated heterocycles. The third kappa shape index (κ3) is 2.56. The number of hydrogen-bond donors (Lipinski definition) is 2. The zero-order valence-corrected chi connectivity index (χ0v) is 11.9. The van der Waals surface area contributed by atoms with Gasteiger partial charge in [-0.15, -0.1) is 0 Å². The van der Waals surface area contributed by atoms with Gasteiger partial charge in [0.15, 0.2) is 5.43 Å². The molecule has 1 aromatic heterocycles. The van der Waals surface area contributed by atoms with Crippen molar-refractivity contribution in [3.05, 3.63) is 45.7 Å². The summed E-state index contributed by atoms with van der Waals surface area (Å²) in [4.78, 5) is 29.6. The maximum Gasteiger partial charge on any atom is 0.255 e. The molecule has 1 amide bonds. The fourth-order valence-electron chi connectivity index (χ4n) is 2.82. The van der Waals surface area contributed by atoms with E-state index in [0.717, 1.165) is 5.69 Å². The number of carbonyl (C=O) groups is 1. The van der Waals surface area contributed by atoms with Gasteiger partial charge in [-0.3, -0.25) is 9.59 Å². The minimum Gasteiger partial charge on any atom is -0.393 e. The molecule has 0 saturated carbocycles. The molecule has 3 rings (SSSR count). The molecule has 110 valence electrons. The first kappa shape index (κ1) is 13.8. The predicted molar refractivity (Wildman–Crippen MR) is 80.5 cm³/mol. The zero-order valence-electron chi connectivity index (χ0n) is 11.9. The van der Waals surface area contributed by atoms with Crippen LogP contribution in [0.15, 0.2) is 29.1 Å². The highest BCUT2D eigenvalue weighted by atomic mass is 16.3. The highest BCUT2D eigenvalue weighted by Crippen LogP contribution is 2.19. The third-order valence-electron chi connectivity index (χ3n) is 3.98. The number of likely N-dealkylation sites (tertiary alicyclic amines) is 1. The molecule has 1 aliphatic rings. The second-order valence-electron chi connectivity index (χ2n) is 5.57. The van der Waals surface area contributed by atoms with E-state index in [1.54, 1.807) is 30.0 Å². The maximum atomic E-state index is 12.7. The second-order valence-corrected chi connectivity index (χ2v) is 5.57. The quantitative estimate of drug-likeness (QED) is 0.833. The molecule has 0 aliphatic carbocycles. The number of aromatic amines is 1. The van der Waals surface area contributed by atoms with Crippen LogP contribution in [0.3, 0.4) is 0 Å². The van der Waals surface area contributed by atoms with Gasteiger partial charge in [-0.1, -0.05) is 6.07 Å². The first-order chi connectivity index (χ1) is 10.1. The number of fused-ring (bicyclic) bond motifs is 1. The Kier molecular flexibility index (Phi) is 3.51. The number of aliphatic hydroxyl groups excluding tert-OH is 1. The highest BCUT2D eigenvalue weighted by Gasteiger charge is 2.23. The summed E-state index contributed by atoms with van der Waals surface area (Å²) < 4.78 is 0. The van der Waals surface area contributed by atoms with Crippen molar-refractivity contribution >= 4 is 16.8 Å². The van der Waals surface area contributed by atoms with E-state index in [-0.39, 0.29) is 17.4 Å². The van der Waals surface area contributed by atoms with Crippen LogP contribution in [-0.2, 0) is 0 Å². The predicted octanol–water partition coefficient (Wildman–Crippen LogP) is 1.43. The Morgan fingerprint density at radius 3 is 2.76 bits per heavy atom. The van der Waals surface area contributed by atoms with Crippen LogP contribution in [-0.4, -0.2) is 40.1 Å². The number of piperidine rings is 1. The summed E-state index contributed by atoms with van der Waals surface area (Å²) in [5, 5.41) is 10.1. The number of carbonyl (C=O) groups excluding carboxylic acids is 1. The molecule has 2 aromatic rings. The third-order valence-corrected chi connectivity index (χ3v) is 3.98. The smallest absolute Gasteiger partial charge is 0.255 e. The van der Waals surface area contributed by atoms with Crippen LogP contribution in [0.5, 0.6) is 0 Å². The second kappa shape index (κ2) is 5.33. The lowest BCUT2D eigenvalue weighted by Crippen LogP contribution is -2.40. The van der Waals surface area contributed by atoms with E-state index in [9.17, 15) is 14.7 Å². The van der Waals surface area contributed by atoms with E-state index >= 15 is 0 Å². The number of benzene rings is 1. The average molecular weight is 286 g/mol. The lowest BCUT2D eigenvalue weighted by atomic mass is 10.0. The van der Waals surface area contributed by atoms with E-state index < -0.39 is 0 Å². The maximum absolute atomic E-state index is 12.7. The Morgan fingerprint density at radius 1 is 1.33 bits per heavy atom. The van der Waals surface area contributed by atoms with Crippen LogP contribution in [0.2, 0.25) is 0 Å². The van der Waals surface area contributed by atoms with Crippen LogP contribution < -0.4 is 5.43 Å². The molecule has 0 spiro atoms. The van der Waals surface area contributed by atoms with Gasteiger partial charge in [-0.05, 0) is 31.9 Å². The van der Waals surface area contributed by atoms with Crippen molar-refractivity contribution < 1.29 is 9.90 Å². The van der Waals surface area contributed by atoms with E-state index in [1.807, 2.05) is 0 Å². The lowest BCUT2D eigenvalue weighted by Gasteiger charge is -2.29. The van der Waals surface area contributed by atoms with Gasteiger partial charge in [-0.25, -0.2) is 0 Å². The summed E-state index contributed by atoms with van der Waals surface area (Å²) in [6.45, 7) is 2.90. The number of para-hydroxylation sites is 1. The van der Waals surface area contributed by atoms with Gasteiger partial charge in [0.2, 0.25) is 0 Å². The highest BCUT2D eigenvalue weighted by molar-refractivity contribution is 6.05. The molecule has 1 aromatic carbocycles. The first-order valence-corrected chi connectivity index (χ1v) is 7.16. The Hall–Kier alpha value is -2.14. The number of amides is 1. The fraction of sp³-hybridized carbons (Fsp3) is 0.375. The fourth-order valence-corrected chi connectivity index (χ4v) is 2.82. The number of aliphatic hydroxyl groups is 1. The number of aromatic nitrogens is 1. The molecule has 21 heavy (non-hydrogen) atoms. The topological polar surface area (TPSA) is 73.4 Å². The molecular formula is C16H18N2O3. The largest absolute Gasteiger partial charge is 0.393 e. The number of pyridine rings is 1. The average Bonchev–Trinajstić information content (AvgIpc) is 2.46. The van der Waals surface area contributed by atoms with Crippen molar-refractivity contribution in [1.82, 2.24) is 9.88 Å². The Bertz CT molecular complexity index is 743. The normalized spacial score (nSPS) is 16.4. The van der Waals surface area contributed by atoms with Crippen LogP contribution in [0, 0.1) is 6.92 Å². The van der Waals surface area contributed by atoms with E-state index in [2.05, 4.69) is 4.98 Å². The summed E-state index contributed by atoms with van der Waals surface area (Å²) in [6, 6.07) is 6.74. The number of nitrogens with one attached hydrogen (secondary N) is 1. The van der Waals surface area contributed by atoms with Crippen LogP contribution in [0.25, 0.3) is 10.9 Å². The standard InChI is InChI=1S/C16H18N2O3/c1-10-9-14(20)12-3-2-4-13(15(12)17-10)16(21)18-7-5-11(19)6-8-18/h2-4,9,11,19H,5-8H2,1H3,(H,17,20). The summed E-state index contributed by atoms with van der Waals surface area (Å²) in [5.74, 6) is -0.0891. The first-order valence-electron chi connectivity index (χ1n) is 7.16. The lowest BCUT2D eigenvalue weighted by molar-refractivity contribution is 0.0548. The van der Waals surface area contributed by atoms with Crippen molar-refractivity contribution in [2.45, 2.75) is 25.9 Å². The molecule has 0 unspecified atom stereocenters. The van der Waals surface area contributed by atoms with Gasteiger partial charge in [0.1, 0.15) is 0 Å². The van der Waals surface area contributed by atoms with Crippen LogP contribution >= 0.6 is 0 Å². The van der Waals surface area contributed by atoms with Crippen molar-refractivity contribution in [3.8, 4) is 0 Å². The van der Waals surface area contributed by atoms with Crippen molar-refractivity contribution in [1.29, 1.82) is 0 Å². The monoisotopic (exact) mass is 286 g/mol. The van der Waals surface area contributed by atoms with E-state index in [4.69, 9.17) is 0 Å². The molecule has 0 bridgehead atoms. The van der Waals surface area contributed by atoms with Gasteiger partial charge >= 0.3 is 0 Å². The molecule has 1 aliphatic heterocycles. The van der Waals surface area contributed by atoms with Crippen LogP contribution in [0.1, 0.15) is 28.9 Å². The SMILES string of the molecule is Cc1cc(=O)c2cccc(C(=O)N3CCC(O)CC3)c2[nH]1. The Morgan fingerprint density at radius 2 is 2.05 bits per heavy atom. The molecule has 2 N–H and O–H groups in total. The molecule has 0 atom stereocenters. The van der Waals surface area contributed by atoms with E-state index in [0.29, 0.717) is 42.4 Å². The number of nitrogens with zero attached hydrogens (tertiary/aromatic N) is 1. The molecule has 0 radical (unpaired) electrons. The molecule has 1 fully saturated rings. The van der Waals surface area contributed by atoms with Gasteiger partial charge in [0, 0.05) is 30.2 Å². The minimum atomic E-state index is -0.316. The summed E-state index contributed by atoms with van der Waals surface area (Å²) in [5.41, 5.74) is 1.77.